The third kappa shape index (κ3) is 4.29. The number of nitrogens with zero attached hydrogens (tertiary/aromatic N) is 3. The van der Waals surface area contributed by atoms with Gasteiger partial charge in [0.2, 0.25) is 0 Å². The summed E-state index contributed by atoms with van der Waals surface area (Å²) in [7, 11) is -6.88. The van der Waals surface area contributed by atoms with Crippen molar-refractivity contribution in [3.05, 3.63) is 17.5 Å². The van der Waals surface area contributed by atoms with Crippen molar-refractivity contribution in [2.75, 3.05) is 32.2 Å². The smallest absolute Gasteiger partial charge is 0.264 e. The van der Waals surface area contributed by atoms with Gasteiger partial charge in [-0.1, -0.05) is 6.92 Å². The Labute approximate surface area is 155 Å². The van der Waals surface area contributed by atoms with E-state index in [-0.39, 0.29) is 18.4 Å². The van der Waals surface area contributed by atoms with E-state index in [4.69, 9.17) is 4.18 Å². The number of aromatic nitrogens is 2. The number of fused-ring (bicyclic) bond motifs is 2. The van der Waals surface area contributed by atoms with Gasteiger partial charge in [-0.3, -0.25) is 9.08 Å². The zero-order chi connectivity index (χ0) is 19.1. The normalized spacial score (nSPS) is 27.1. The van der Waals surface area contributed by atoms with Crippen LogP contribution in [0.15, 0.2) is 6.20 Å². The molecule has 0 aromatic carbocycles. The summed E-state index contributed by atoms with van der Waals surface area (Å²) in [5.41, 5.74) is 1.78. The number of hydrogen-bond donors (Lipinski definition) is 0. The third-order valence-electron chi connectivity index (χ3n) is 5.29. The lowest BCUT2D eigenvalue weighted by atomic mass is 9.74. The molecule has 1 saturated heterocycles. The molecule has 2 aliphatic rings. The summed E-state index contributed by atoms with van der Waals surface area (Å²) in [6.45, 7) is 4.05. The van der Waals surface area contributed by atoms with E-state index in [1.807, 2.05) is 0 Å². The second-order valence-corrected chi connectivity index (χ2v) is 11.0. The molecule has 3 unspecified atom stereocenters. The Morgan fingerprint density at radius 3 is 2.58 bits per heavy atom. The predicted octanol–water partition coefficient (Wildman–Crippen LogP) is 0.482. The first-order chi connectivity index (χ1) is 12.1. The Morgan fingerprint density at radius 2 is 1.96 bits per heavy atom. The van der Waals surface area contributed by atoms with E-state index in [1.165, 1.54) is 6.26 Å². The van der Waals surface area contributed by atoms with Crippen molar-refractivity contribution in [2.24, 2.45) is 11.8 Å². The van der Waals surface area contributed by atoms with Crippen molar-refractivity contribution < 1.29 is 21.0 Å². The van der Waals surface area contributed by atoms with Crippen molar-refractivity contribution in [3.63, 3.8) is 0 Å². The lowest BCUT2D eigenvalue weighted by Gasteiger charge is -2.46. The minimum Gasteiger partial charge on any atom is -0.299 e. The van der Waals surface area contributed by atoms with E-state index in [1.54, 1.807) is 6.20 Å². The zero-order valence-corrected chi connectivity index (χ0v) is 17.1. The van der Waals surface area contributed by atoms with E-state index < -0.39 is 20.1 Å². The van der Waals surface area contributed by atoms with Crippen LogP contribution in [0.5, 0.6) is 0 Å². The van der Waals surface area contributed by atoms with Crippen molar-refractivity contribution >= 4 is 20.1 Å². The van der Waals surface area contributed by atoms with Gasteiger partial charge in [-0.05, 0) is 49.6 Å². The SMILES string of the molecule is CCCN1CC(COS(C)(=O)=O)CC2Cc3c(cnn3S(C)(=O)=O)CC21. The first kappa shape index (κ1) is 19.8. The zero-order valence-electron chi connectivity index (χ0n) is 15.5. The highest BCUT2D eigenvalue weighted by molar-refractivity contribution is 7.89. The van der Waals surface area contributed by atoms with Crippen molar-refractivity contribution in [3.8, 4) is 0 Å². The second kappa shape index (κ2) is 7.21. The molecule has 3 atom stereocenters. The molecule has 148 valence electrons. The van der Waals surface area contributed by atoms with Gasteiger partial charge in [0.1, 0.15) is 0 Å². The van der Waals surface area contributed by atoms with Gasteiger partial charge in [0.15, 0.2) is 0 Å². The summed E-state index contributed by atoms with van der Waals surface area (Å²) < 4.78 is 52.8. The van der Waals surface area contributed by atoms with Crippen LogP contribution in [-0.4, -0.2) is 69.2 Å². The van der Waals surface area contributed by atoms with Crippen LogP contribution < -0.4 is 0 Å². The molecule has 0 radical (unpaired) electrons. The summed E-state index contributed by atoms with van der Waals surface area (Å²) >= 11 is 0. The van der Waals surface area contributed by atoms with Crippen molar-refractivity contribution in [1.29, 1.82) is 0 Å². The monoisotopic (exact) mass is 405 g/mol. The number of likely N-dealkylation sites (tertiary alicyclic amines) is 1. The molecule has 10 heteroatoms. The molecule has 1 aromatic rings. The summed E-state index contributed by atoms with van der Waals surface area (Å²) in [5.74, 6) is 0.391. The van der Waals surface area contributed by atoms with Crippen LogP contribution in [0.1, 0.15) is 31.0 Å². The van der Waals surface area contributed by atoms with E-state index in [0.717, 1.165) is 54.0 Å². The predicted molar refractivity (Wildman–Crippen MR) is 97.9 cm³/mol. The highest BCUT2D eigenvalue weighted by Gasteiger charge is 2.41. The van der Waals surface area contributed by atoms with Crippen LogP contribution >= 0.6 is 0 Å². The molecule has 0 bridgehead atoms. The van der Waals surface area contributed by atoms with Crippen LogP contribution in [0.25, 0.3) is 0 Å². The van der Waals surface area contributed by atoms with Gasteiger partial charge in [-0.15, -0.1) is 0 Å². The maximum absolute atomic E-state index is 12.0. The van der Waals surface area contributed by atoms with Crippen molar-refractivity contribution in [2.45, 2.75) is 38.6 Å². The van der Waals surface area contributed by atoms with E-state index in [9.17, 15) is 16.8 Å². The molecule has 8 nitrogen and oxygen atoms in total. The molecule has 2 heterocycles. The van der Waals surface area contributed by atoms with Crippen LogP contribution in [0.2, 0.25) is 0 Å². The maximum atomic E-state index is 12.0. The van der Waals surface area contributed by atoms with Crippen LogP contribution in [0.4, 0.5) is 0 Å². The summed E-state index contributed by atoms with van der Waals surface area (Å²) in [5, 5.41) is 4.09. The maximum Gasteiger partial charge on any atom is 0.264 e. The Kier molecular flexibility index (Phi) is 5.49. The van der Waals surface area contributed by atoms with Crippen LogP contribution in [0.3, 0.4) is 0 Å². The highest BCUT2D eigenvalue weighted by Crippen LogP contribution is 2.37. The minimum atomic E-state index is -3.46. The fourth-order valence-corrected chi connectivity index (χ4v) is 5.60. The van der Waals surface area contributed by atoms with Gasteiger partial charge in [0.05, 0.1) is 31.0 Å². The number of hydrogen-bond acceptors (Lipinski definition) is 7. The lowest BCUT2D eigenvalue weighted by Crippen LogP contribution is -2.53. The van der Waals surface area contributed by atoms with Crippen LogP contribution in [0, 0.1) is 11.8 Å². The average Bonchev–Trinajstić information content (AvgIpc) is 2.93. The van der Waals surface area contributed by atoms with Gasteiger partial charge < -0.3 is 0 Å². The average molecular weight is 406 g/mol. The fourth-order valence-electron chi connectivity index (χ4n) is 4.35. The molecular weight excluding hydrogens is 378 g/mol. The first-order valence-corrected chi connectivity index (χ1v) is 12.6. The molecule has 3 rings (SSSR count). The van der Waals surface area contributed by atoms with Gasteiger partial charge in [-0.2, -0.15) is 17.6 Å². The molecule has 26 heavy (non-hydrogen) atoms. The second-order valence-electron chi connectivity index (χ2n) is 7.54. The Morgan fingerprint density at radius 1 is 1.23 bits per heavy atom. The topological polar surface area (TPSA) is 98.6 Å². The highest BCUT2D eigenvalue weighted by atomic mass is 32.2. The standard InChI is InChI=1S/C16H27N3O5S2/c1-4-5-18-10-12(11-24-26(3,22)23)6-13-7-16-14(8-15(13)18)9-17-19(16)25(2,20)21/h9,12-13,15H,4-8,10-11H2,1-3H3. The first-order valence-electron chi connectivity index (χ1n) is 8.93. The minimum absolute atomic E-state index is 0.119. The summed E-state index contributed by atoms with van der Waals surface area (Å²) in [6.07, 6.45) is 7.18. The molecule has 0 spiro atoms. The van der Waals surface area contributed by atoms with Gasteiger partial charge in [-0.25, -0.2) is 8.42 Å². The molecule has 1 fully saturated rings. The molecule has 1 aliphatic heterocycles. The summed E-state index contributed by atoms with van der Waals surface area (Å²) in [6, 6.07) is 0.342. The fraction of sp³-hybridized carbons (Fsp3) is 0.812. The van der Waals surface area contributed by atoms with Crippen molar-refractivity contribution in [1.82, 2.24) is 14.1 Å². The van der Waals surface area contributed by atoms with E-state index in [0.29, 0.717) is 12.5 Å². The molecule has 1 aromatic heterocycles. The Bertz CT molecular complexity index is 862. The lowest BCUT2D eigenvalue weighted by molar-refractivity contribution is 0.0322. The molecule has 1 aliphatic carbocycles. The van der Waals surface area contributed by atoms with E-state index in [2.05, 4.69) is 16.9 Å². The molecule has 0 amide bonds. The van der Waals surface area contributed by atoms with Crippen LogP contribution in [-0.2, 0) is 37.2 Å². The summed E-state index contributed by atoms with van der Waals surface area (Å²) in [4.78, 5) is 2.41. The van der Waals surface area contributed by atoms with Gasteiger partial charge >= 0.3 is 0 Å². The van der Waals surface area contributed by atoms with Gasteiger partial charge in [0.25, 0.3) is 20.1 Å². The quantitative estimate of drug-likeness (QED) is 0.635. The van der Waals surface area contributed by atoms with Gasteiger partial charge in [0, 0.05) is 12.6 Å². The van der Waals surface area contributed by atoms with E-state index >= 15 is 0 Å². The molecule has 0 N–H and O–H groups in total. The number of rotatable bonds is 6. The third-order valence-corrected chi connectivity index (χ3v) is 6.80. The molecule has 0 saturated carbocycles. The largest absolute Gasteiger partial charge is 0.299 e. The Hall–Kier alpha value is -0.970. The Balaban J connectivity index is 1.83. The number of piperidine rings is 1. The molecular formula is C16H27N3O5S2.